The second-order valence-corrected chi connectivity index (χ2v) is 5.57. The number of nitrogens with zero attached hydrogens (tertiary/aromatic N) is 1. The van der Waals surface area contributed by atoms with Crippen LogP contribution in [0.5, 0.6) is 0 Å². The number of hydrogen-bond acceptors (Lipinski definition) is 5. The van der Waals surface area contributed by atoms with E-state index in [2.05, 4.69) is 5.09 Å². The van der Waals surface area contributed by atoms with Gasteiger partial charge >= 0.3 is 11.9 Å². The Hall–Kier alpha value is -0.910. The molecule has 0 aromatic heterocycles. The number of hydrogen-bond donors (Lipinski definition) is 1. The van der Waals surface area contributed by atoms with Crippen LogP contribution in [0.25, 0.3) is 0 Å². The lowest BCUT2D eigenvalue weighted by Crippen LogP contribution is -2.38. The molecule has 19 heavy (non-hydrogen) atoms. The van der Waals surface area contributed by atoms with Crippen LogP contribution in [-0.2, 0) is 23.6 Å². The summed E-state index contributed by atoms with van der Waals surface area (Å²) < 4.78 is 23.0. The molecule has 0 fully saturated rings. The predicted octanol–water partition coefficient (Wildman–Crippen LogP) is 0.801. The van der Waals surface area contributed by atoms with Crippen molar-refractivity contribution in [3.05, 3.63) is 0 Å². The molecule has 0 bridgehead atoms. The van der Waals surface area contributed by atoms with Gasteiger partial charge in [0.25, 0.3) is 0 Å². The summed E-state index contributed by atoms with van der Waals surface area (Å²) in [6.45, 7) is 7.09. The van der Waals surface area contributed by atoms with E-state index < -0.39 is 32.1 Å². The van der Waals surface area contributed by atoms with Gasteiger partial charge in [0.05, 0.1) is 13.2 Å². The standard InChI is InChI=1S/C11H23N2O5P/c1-6-17-10(14)8(3)12-19(16)13(5)9(4)11(15)18-7-2/h8-9,19H,6-7H2,1-5H3,(H,12,16). The highest BCUT2D eigenvalue weighted by molar-refractivity contribution is 7.39. The first-order valence-electron chi connectivity index (χ1n) is 6.21. The van der Waals surface area contributed by atoms with Gasteiger partial charge in [-0.25, -0.2) is 9.76 Å². The van der Waals surface area contributed by atoms with E-state index in [9.17, 15) is 14.2 Å². The molecule has 0 amide bonds. The van der Waals surface area contributed by atoms with E-state index in [0.29, 0.717) is 0 Å². The number of nitrogens with one attached hydrogen (secondary N) is 1. The van der Waals surface area contributed by atoms with Crippen molar-refractivity contribution in [2.45, 2.75) is 39.8 Å². The first-order chi connectivity index (χ1) is 8.84. The van der Waals surface area contributed by atoms with Gasteiger partial charge in [0.1, 0.15) is 12.1 Å². The minimum absolute atomic E-state index is 0.265. The third-order valence-corrected chi connectivity index (χ3v) is 4.22. The maximum absolute atomic E-state index is 12.0. The molecular formula is C11H23N2O5P. The fourth-order valence-corrected chi connectivity index (χ4v) is 2.36. The normalized spacial score (nSPS) is 15.7. The van der Waals surface area contributed by atoms with Crippen LogP contribution in [0.1, 0.15) is 27.7 Å². The Morgan fingerprint density at radius 1 is 1.16 bits per heavy atom. The summed E-state index contributed by atoms with van der Waals surface area (Å²) in [6, 6.07) is -1.34. The minimum Gasteiger partial charge on any atom is -0.465 e. The Labute approximate surface area is 114 Å². The second-order valence-electron chi connectivity index (χ2n) is 3.96. The van der Waals surface area contributed by atoms with E-state index in [0.717, 1.165) is 0 Å². The first-order valence-corrected chi connectivity index (χ1v) is 7.57. The summed E-state index contributed by atoms with van der Waals surface area (Å²) in [5.74, 6) is -0.924. The highest BCUT2D eigenvalue weighted by Gasteiger charge is 2.25. The number of rotatable bonds is 8. The van der Waals surface area contributed by atoms with Gasteiger partial charge < -0.3 is 9.47 Å². The maximum Gasteiger partial charge on any atom is 0.323 e. The van der Waals surface area contributed by atoms with Gasteiger partial charge in [-0.15, -0.1) is 0 Å². The SMILES string of the molecule is CCOC(=O)C(C)N[PH](=O)N(C)C(C)C(=O)OCC. The second kappa shape index (κ2) is 9.07. The zero-order chi connectivity index (χ0) is 15.0. The molecule has 3 unspecified atom stereocenters. The summed E-state index contributed by atoms with van der Waals surface area (Å²) in [5, 5.41) is 2.63. The number of likely N-dealkylation sites (N-methyl/N-ethyl adjacent to an activating group) is 1. The van der Waals surface area contributed by atoms with Crippen LogP contribution in [-0.4, -0.2) is 49.0 Å². The molecule has 0 aromatic rings. The summed E-state index contributed by atoms with van der Waals surface area (Å²) in [6.07, 6.45) is 0. The van der Waals surface area contributed by atoms with Crippen LogP contribution < -0.4 is 5.09 Å². The van der Waals surface area contributed by atoms with Crippen molar-refractivity contribution in [2.75, 3.05) is 20.3 Å². The average Bonchev–Trinajstić information content (AvgIpc) is 2.37. The highest BCUT2D eigenvalue weighted by atomic mass is 31.1. The Bertz CT molecular complexity index is 337. The van der Waals surface area contributed by atoms with Crippen LogP contribution in [0.3, 0.4) is 0 Å². The van der Waals surface area contributed by atoms with Crippen molar-refractivity contribution >= 4 is 20.0 Å². The molecule has 3 atom stereocenters. The first kappa shape index (κ1) is 18.1. The van der Waals surface area contributed by atoms with Gasteiger partial charge in [0.2, 0.25) is 8.10 Å². The fourth-order valence-electron chi connectivity index (χ4n) is 1.21. The van der Waals surface area contributed by atoms with Gasteiger partial charge in [-0.3, -0.25) is 14.2 Å². The minimum atomic E-state index is -2.46. The van der Waals surface area contributed by atoms with Crippen LogP contribution in [0.15, 0.2) is 0 Å². The summed E-state index contributed by atoms with van der Waals surface area (Å²) in [7, 11) is -0.923. The third kappa shape index (κ3) is 6.18. The molecule has 112 valence electrons. The average molecular weight is 294 g/mol. The van der Waals surface area contributed by atoms with E-state index in [1.165, 1.54) is 11.7 Å². The largest absolute Gasteiger partial charge is 0.465 e. The van der Waals surface area contributed by atoms with E-state index >= 15 is 0 Å². The highest BCUT2D eigenvalue weighted by Crippen LogP contribution is 2.24. The van der Waals surface area contributed by atoms with Crippen molar-refractivity contribution in [1.82, 2.24) is 9.76 Å². The van der Waals surface area contributed by atoms with Gasteiger partial charge in [0.15, 0.2) is 0 Å². The number of esters is 2. The van der Waals surface area contributed by atoms with E-state index in [4.69, 9.17) is 9.47 Å². The summed E-state index contributed by atoms with van der Waals surface area (Å²) in [5.41, 5.74) is 0. The molecule has 0 aliphatic heterocycles. The fraction of sp³-hybridized carbons (Fsp3) is 0.818. The van der Waals surface area contributed by atoms with Crippen molar-refractivity contribution in [1.29, 1.82) is 0 Å². The smallest absolute Gasteiger partial charge is 0.323 e. The lowest BCUT2D eigenvalue weighted by molar-refractivity contribution is -0.146. The summed E-state index contributed by atoms with van der Waals surface area (Å²) in [4.78, 5) is 22.9. The van der Waals surface area contributed by atoms with Crippen molar-refractivity contribution in [2.24, 2.45) is 0 Å². The maximum atomic E-state index is 12.0. The molecule has 0 aromatic carbocycles. The van der Waals surface area contributed by atoms with Gasteiger partial charge in [-0.2, -0.15) is 0 Å². The number of ether oxygens (including phenoxy) is 2. The zero-order valence-corrected chi connectivity index (χ0v) is 13.1. The Kier molecular flexibility index (Phi) is 8.63. The quantitative estimate of drug-likeness (QED) is 0.523. The molecule has 8 heteroatoms. The van der Waals surface area contributed by atoms with Gasteiger partial charge in [-0.1, -0.05) is 0 Å². The Morgan fingerprint density at radius 3 is 2.11 bits per heavy atom. The van der Waals surface area contributed by atoms with Gasteiger partial charge in [-0.05, 0) is 34.7 Å². The zero-order valence-electron chi connectivity index (χ0n) is 12.1. The van der Waals surface area contributed by atoms with E-state index in [-0.39, 0.29) is 13.2 Å². The molecule has 0 saturated carbocycles. The molecule has 0 radical (unpaired) electrons. The van der Waals surface area contributed by atoms with Gasteiger partial charge in [0, 0.05) is 0 Å². The monoisotopic (exact) mass is 294 g/mol. The molecule has 0 heterocycles. The molecule has 1 N–H and O–H groups in total. The lowest BCUT2D eigenvalue weighted by atomic mass is 10.3. The molecule has 0 aliphatic rings. The molecule has 7 nitrogen and oxygen atoms in total. The molecule has 0 aliphatic carbocycles. The van der Waals surface area contributed by atoms with Crippen LogP contribution in [0, 0.1) is 0 Å². The van der Waals surface area contributed by atoms with Crippen LogP contribution >= 0.6 is 8.10 Å². The molecule has 0 spiro atoms. The van der Waals surface area contributed by atoms with Crippen molar-refractivity contribution in [3.63, 3.8) is 0 Å². The molecule has 0 rings (SSSR count). The topological polar surface area (TPSA) is 84.9 Å². The third-order valence-electron chi connectivity index (χ3n) is 2.51. The van der Waals surface area contributed by atoms with Crippen molar-refractivity contribution in [3.8, 4) is 0 Å². The van der Waals surface area contributed by atoms with Crippen LogP contribution in [0.4, 0.5) is 0 Å². The van der Waals surface area contributed by atoms with Crippen LogP contribution in [0.2, 0.25) is 0 Å². The van der Waals surface area contributed by atoms with Crippen molar-refractivity contribution < 1.29 is 23.6 Å². The lowest BCUT2D eigenvalue weighted by Gasteiger charge is -2.24. The number of carbonyl (C=O) groups is 2. The molecular weight excluding hydrogens is 271 g/mol. The molecule has 0 saturated heterocycles. The Morgan fingerprint density at radius 2 is 1.63 bits per heavy atom. The predicted molar refractivity (Wildman–Crippen MR) is 72.1 cm³/mol. The Balaban J connectivity index is 4.41. The summed E-state index contributed by atoms with van der Waals surface area (Å²) >= 11 is 0. The van der Waals surface area contributed by atoms with E-state index in [1.54, 1.807) is 27.7 Å². The van der Waals surface area contributed by atoms with E-state index in [1.807, 2.05) is 0 Å². The number of carbonyl (C=O) groups excluding carboxylic acids is 2.